The molecule has 0 N–H and O–H groups in total. The molecule has 3 nitrogen and oxygen atoms in total. The van der Waals surface area contributed by atoms with Crippen LogP contribution in [0.25, 0.3) is 110 Å². The number of furan rings is 1. The molecule has 3 heterocycles. The molecule has 0 spiro atoms. The van der Waals surface area contributed by atoms with Crippen molar-refractivity contribution in [2.45, 2.75) is 0 Å². The first-order valence-corrected chi connectivity index (χ1v) is 18.8. The van der Waals surface area contributed by atoms with E-state index < -0.39 is 0 Å². The molecule has 55 heavy (non-hydrogen) atoms. The Kier molecular flexibility index (Phi) is 6.34. The first kappa shape index (κ1) is 30.1. The number of rotatable bonds is 4. The molecular formula is C52H32N2O. The molecule has 12 aromatic rings. The van der Waals surface area contributed by atoms with Crippen LogP contribution >= 0.6 is 0 Å². The number of fused-ring (bicyclic) bond motifs is 10. The molecule has 3 aromatic heterocycles. The summed E-state index contributed by atoms with van der Waals surface area (Å²) in [4.78, 5) is 0. The van der Waals surface area contributed by atoms with Crippen LogP contribution in [0.5, 0.6) is 0 Å². The van der Waals surface area contributed by atoms with E-state index in [0.717, 1.165) is 38.8 Å². The van der Waals surface area contributed by atoms with E-state index in [4.69, 9.17) is 4.42 Å². The van der Waals surface area contributed by atoms with Crippen LogP contribution in [-0.2, 0) is 0 Å². The summed E-state index contributed by atoms with van der Waals surface area (Å²) in [5.74, 6) is 0. The van der Waals surface area contributed by atoms with E-state index in [1.807, 2.05) is 12.1 Å². The molecule has 0 fully saturated rings. The minimum atomic E-state index is 0.907. The third kappa shape index (κ3) is 4.57. The lowest BCUT2D eigenvalue weighted by molar-refractivity contribution is 0.669. The van der Waals surface area contributed by atoms with Crippen molar-refractivity contribution in [1.82, 2.24) is 9.13 Å². The molecule has 0 aliphatic carbocycles. The van der Waals surface area contributed by atoms with E-state index in [1.165, 1.54) is 71.2 Å². The highest BCUT2D eigenvalue weighted by molar-refractivity contribution is 6.13. The van der Waals surface area contributed by atoms with Crippen molar-refractivity contribution in [3.63, 3.8) is 0 Å². The van der Waals surface area contributed by atoms with Crippen LogP contribution in [0.3, 0.4) is 0 Å². The summed E-state index contributed by atoms with van der Waals surface area (Å²) in [6.07, 6.45) is 0. The maximum atomic E-state index is 6.25. The summed E-state index contributed by atoms with van der Waals surface area (Å²) >= 11 is 0. The van der Waals surface area contributed by atoms with Crippen molar-refractivity contribution < 1.29 is 4.42 Å². The van der Waals surface area contributed by atoms with E-state index >= 15 is 0 Å². The van der Waals surface area contributed by atoms with Gasteiger partial charge in [0.05, 0.1) is 22.1 Å². The smallest absolute Gasteiger partial charge is 0.136 e. The van der Waals surface area contributed by atoms with Crippen molar-refractivity contribution in [3.05, 3.63) is 194 Å². The molecule has 0 aliphatic heterocycles. The van der Waals surface area contributed by atoms with Crippen molar-refractivity contribution >= 4 is 76.3 Å². The molecule has 0 aliphatic rings. The molecule has 256 valence electrons. The largest absolute Gasteiger partial charge is 0.456 e. The van der Waals surface area contributed by atoms with Crippen molar-refractivity contribution in [2.24, 2.45) is 0 Å². The standard InChI is InChI=1S/C52H32N2O/c1-2-11-34-28-40(24-20-33(34)10-1)54-48-18-7-4-15-42(48)46-31-37(23-27-50(46)54)36-22-26-49-45(30-36)41-14-3-6-17-47(41)53(49)39-13-9-12-35(29-39)38-21-25-44-43-16-5-8-19-51(43)55-52(44)32-38/h1-32H. The SMILES string of the molecule is c1cc(-c2ccc3c(c2)oc2ccccc23)cc(-n2c3ccccc3c3cc(-c4ccc5c(c4)c4ccccc4n5-c4ccc5ccccc5c4)ccc32)c1. The third-order valence-corrected chi connectivity index (χ3v) is 11.5. The van der Waals surface area contributed by atoms with Gasteiger partial charge >= 0.3 is 0 Å². The molecule has 3 heteroatoms. The number of hydrogen-bond acceptors (Lipinski definition) is 1. The van der Waals surface area contributed by atoms with Crippen LogP contribution in [0.15, 0.2) is 199 Å². The lowest BCUT2D eigenvalue weighted by Gasteiger charge is -2.11. The highest BCUT2D eigenvalue weighted by atomic mass is 16.3. The van der Waals surface area contributed by atoms with E-state index in [2.05, 4.69) is 191 Å². The highest BCUT2D eigenvalue weighted by Crippen LogP contribution is 2.39. The lowest BCUT2D eigenvalue weighted by Crippen LogP contribution is -1.94. The van der Waals surface area contributed by atoms with E-state index in [1.54, 1.807) is 0 Å². The second-order valence-corrected chi connectivity index (χ2v) is 14.6. The van der Waals surface area contributed by atoms with E-state index in [9.17, 15) is 0 Å². The second kappa shape index (κ2) is 11.6. The van der Waals surface area contributed by atoms with Crippen LogP contribution in [0.2, 0.25) is 0 Å². The van der Waals surface area contributed by atoms with Gasteiger partial charge in [-0.05, 0) is 112 Å². The van der Waals surface area contributed by atoms with Gasteiger partial charge in [0.2, 0.25) is 0 Å². The maximum Gasteiger partial charge on any atom is 0.136 e. The zero-order valence-corrected chi connectivity index (χ0v) is 29.8. The average molecular weight is 701 g/mol. The predicted molar refractivity (Wildman–Crippen MR) is 231 cm³/mol. The molecule has 0 bridgehead atoms. The van der Waals surface area contributed by atoms with Crippen molar-refractivity contribution in [2.75, 3.05) is 0 Å². The topological polar surface area (TPSA) is 23.0 Å². The molecule has 9 aromatic carbocycles. The van der Waals surface area contributed by atoms with Gasteiger partial charge in [0.1, 0.15) is 11.2 Å². The fourth-order valence-electron chi connectivity index (χ4n) is 8.91. The first-order chi connectivity index (χ1) is 27.2. The summed E-state index contributed by atoms with van der Waals surface area (Å²) in [5.41, 5.74) is 13.6. The van der Waals surface area contributed by atoms with Crippen molar-refractivity contribution in [1.29, 1.82) is 0 Å². The molecule has 0 atom stereocenters. The number of aromatic nitrogens is 2. The lowest BCUT2D eigenvalue weighted by atomic mass is 10.0. The molecule has 0 saturated heterocycles. The number of benzene rings is 9. The Labute approximate surface area is 316 Å². The minimum absolute atomic E-state index is 0.907. The van der Waals surface area contributed by atoms with Gasteiger partial charge in [0.15, 0.2) is 0 Å². The Morgan fingerprint density at radius 2 is 0.800 bits per heavy atom. The Morgan fingerprint density at radius 3 is 1.53 bits per heavy atom. The summed E-state index contributed by atoms with van der Waals surface area (Å²) in [6.45, 7) is 0. The van der Waals surface area contributed by atoms with Crippen LogP contribution < -0.4 is 0 Å². The molecule has 0 amide bonds. The molecule has 0 unspecified atom stereocenters. The van der Waals surface area contributed by atoms with Crippen LogP contribution in [0.4, 0.5) is 0 Å². The number of hydrogen-bond donors (Lipinski definition) is 0. The Balaban J connectivity index is 0.985. The van der Waals surface area contributed by atoms with Gasteiger partial charge in [-0.15, -0.1) is 0 Å². The van der Waals surface area contributed by atoms with Crippen LogP contribution in [0, 0.1) is 0 Å². The third-order valence-electron chi connectivity index (χ3n) is 11.5. The second-order valence-electron chi connectivity index (χ2n) is 14.6. The number of para-hydroxylation sites is 3. The van der Waals surface area contributed by atoms with Crippen molar-refractivity contribution in [3.8, 4) is 33.6 Å². The average Bonchev–Trinajstić information content (AvgIpc) is 3.90. The quantitative estimate of drug-likeness (QED) is 0.179. The van der Waals surface area contributed by atoms with Gasteiger partial charge in [-0.25, -0.2) is 0 Å². The Morgan fingerprint density at radius 1 is 0.273 bits per heavy atom. The van der Waals surface area contributed by atoms with Gasteiger partial charge in [-0.3, -0.25) is 0 Å². The molecular weight excluding hydrogens is 669 g/mol. The Bertz CT molecular complexity index is 3500. The van der Waals surface area contributed by atoms with Gasteiger partial charge in [-0.2, -0.15) is 0 Å². The van der Waals surface area contributed by atoms with Gasteiger partial charge < -0.3 is 13.6 Å². The highest BCUT2D eigenvalue weighted by Gasteiger charge is 2.17. The summed E-state index contributed by atoms with van der Waals surface area (Å²) in [7, 11) is 0. The summed E-state index contributed by atoms with van der Waals surface area (Å²) in [6, 6.07) is 70.4. The zero-order chi connectivity index (χ0) is 36.0. The first-order valence-electron chi connectivity index (χ1n) is 18.8. The molecule has 0 saturated carbocycles. The Hall–Kier alpha value is -7.36. The van der Waals surface area contributed by atoms with Crippen LogP contribution in [0.1, 0.15) is 0 Å². The molecule has 12 rings (SSSR count). The fraction of sp³-hybridized carbons (Fsp3) is 0. The maximum absolute atomic E-state index is 6.25. The van der Waals surface area contributed by atoms with Crippen LogP contribution in [-0.4, -0.2) is 9.13 Å². The monoisotopic (exact) mass is 700 g/mol. The van der Waals surface area contributed by atoms with Gasteiger partial charge in [0, 0.05) is 43.7 Å². The normalized spacial score (nSPS) is 12.0. The predicted octanol–water partition coefficient (Wildman–Crippen LogP) is 14.3. The fourth-order valence-corrected chi connectivity index (χ4v) is 8.91. The van der Waals surface area contributed by atoms with Gasteiger partial charge in [0.25, 0.3) is 0 Å². The summed E-state index contributed by atoms with van der Waals surface area (Å²) < 4.78 is 11.1. The summed E-state index contributed by atoms with van der Waals surface area (Å²) in [5, 5.41) is 9.76. The van der Waals surface area contributed by atoms with Gasteiger partial charge in [-0.1, -0.05) is 115 Å². The minimum Gasteiger partial charge on any atom is -0.456 e. The van der Waals surface area contributed by atoms with E-state index in [0.29, 0.717) is 0 Å². The number of nitrogens with zero attached hydrogens (tertiary/aromatic N) is 2. The zero-order valence-electron chi connectivity index (χ0n) is 29.8. The van der Waals surface area contributed by atoms with E-state index in [-0.39, 0.29) is 0 Å². The molecule has 0 radical (unpaired) electrons.